The normalized spacial score (nSPS) is 18.3. The number of likely N-dealkylation sites (N-methyl/N-ethyl adjacent to an activating group) is 1. The van der Waals surface area contributed by atoms with Gasteiger partial charge in [-0.2, -0.15) is 8.78 Å². The molecule has 4 heterocycles. The number of likely N-dealkylation sites (tertiary alicyclic amines) is 1. The molecule has 3 aliphatic heterocycles. The Balaban J connectivity index is 0.880. The first-order valence-electron chi connectivity index (χ1n) is 24.7. The van der Waals surface area contributed by atoms with Crippen molar-refractivity contribution in [2.45, 2.75) is 121 Å². The van der Waals surface area contributed by atoms with E-state index in [2.05, 4.69) is 43.7 Å². The molecule has 7 amide bonds. The number of nitrogens with one attached hydrogen (secondary N) is 3. The number of carbonyl (C=O) groups excluding carboxylic acids is 7. The van der Waals surface area contributed by atoms with Gasteiger partial charge in [-0.15, -0.1) is 11.3 Å². The fourth-order valence-corrected chi connectivity index (χ4v) is 11.0. The van der Waals surface area contributed by atoms with Gasteiger partial charge in [0.1, 0.15) is 24.7 Å². The van der Waals surface area contributed by atoms with Crippen molar-refractivity contribution in [1.29, 1.82) is 0 Å². The molecule has 2 saturated heterocycles. The number of alkyl halides is 2. The minimum Gasteiger partial charge on any atom is -0.366 e. The molecule has 2 unspecified atom stereocenters. The van der Waals surface area contributed by atoms with Crippen LogP contribution in [0.5, 0.6) is 0 Å². The molecule has 400 valence electrons. The predicted molar refractivity (Wildman–Crippen MR) is 281 cm³/mol. The zero-order valence-electron chi connectivity index (χ0n) is 42.0. The number of nitrogens with zero attached hydrogens (tertiary/aromatic N) is 3. The molecule has 17 nitrogen and oxygen atoms in total. The van der Waals surface area contributed by atoms with Gasteiger partial charge in [0.2, 0.25) is 29.5 Å². The van der Waals surface area contributed by atoms with E-state index in [4.69, 9.17) is 4.74 Å². The number of rotatable bonds is 19. The molecule has 0 spiro atoms. The van der Waals surface area contributed by atoms with Crippen LogP contribution in [0.4, 0.5) is 14.5 Å². The average Bonchev–Trinajstić information content (AvgIpc) is 4.09. The van der Waals surface area contributed by atoms with Gasteiger partial charge in [-0.1, -0.05) is 86.4 Å². The van der Waals surface area contributed by atoms with Crippen molar-refractivity contribution in [2.75, 3.05) is 31.6 Å². The summed E-state index contributed by atoms with van der Waals surface area (Å²) in [6.07, 6.45) is 5.97. The van der Waals surface area contributed by atoms with Crippen LogP contribution in [0.3, 0.4) is 0 Å². The van der Waals surface area contributed by atoms with Crippen LogP contribution >= 0.6 is 34.9 Å². The number of hydrogen-bond acceptors (Lipinski definition) is 10. The first-order valence-corrected chi connectivity index (χ1v) is 27.9. The minimum atomic E-state index is -5.84. The fraction of sp³-hybridized carbons (Fsp3) is 0.453. The molecule has 3 aromatic carbocycles. The largest absolute Gasteiger partial charge is 0.399 e. The SMILES string of the molecule is CN(C(=O)[C@@H]1C[C@@H](OCC(=O)NCCCCCCCCC#Cc2cccc3c2CN(C2CCC(=O)NC2=O)C3=O)CN1C(=O)C(NC(=O)c1cc2cc(C(F)(F)P(=O)(O)O)ccc2s1)C(C)(C)C)c1ccc(Br)cc1. The number of carbonyl (C=O) groups is 7. The summed E-state index contributed by atoms with van der Waals surface area (Å²) >= 11 is 4.35. The van der Waals surface area contributed by atoms with Crippen molar-refractivity contribution < 1.29 is 61.4 Å². The lowest BCUT2D eigenvalue weighted by Gasteiger charge is -2.36. The van der Waals surface area contributed by atoms with E-state index in [9.17, 15) is 56.7 Å². The van der Waals surface area contributed by atoms with Gasteiger partial charge in [0, 0.05) is 77.5 Å². The summed E-state index contributed by atoms with van der Waals surface area (Å²) in [5.41, 5.74) is -3.64. The second kappa shape index (κ2) is 24.0. The molecular weight excluding hydrogens is 1080 g/mol. The highest BCUT2D eigenvalue weighted by molar-refractivity contribution is 9.10. The summed E-state index contributed by atoms with van der Waals surface area (Å²) in [6, 6.07) is 13.8. The number of benzene rings is 3. The van der Waals surface area contributed by atoms with Gasteiger partial charge in [-0.05, 0) is 90.2 Å². The summed E-state index contributed by atoms with van der Waals surface area (Å²) in [5.74, 6) is 3.35. The molecule has 22 heteroatoms. The van der Waals surface area contributed by atoms with Crippen molar-refractivity contribution in [1.82, 2.24) is 25.8 Å². The second-order valence-electron chi connectivity index (χ2n) is 20.0. The molecule has 1 aromatic heterocycles. The lowest BCUT2D eigenvalue weighted by Crippen LogP contribution is -2.57. The summed E-state index contributed by atoms with van der Waals surface area (Å²) in [4.78, 5) is 116. The quantitative estimate of drug-likeness (QED) is 0.0270. The van der Waals surface area contributed by atoms with Gasteiger partial charge in [-0.25, -0.2) is 0 Å². The molecule has 0 saturated carbocycles. The molecule has 0 bridgehead atoms. The molecule has 7 rings (SSSR count). The summed E-state index contributed by atoms with van der Waals surface area (Å²) < 4.78 is 47.8. The molecular formula is C53H60BrF2N6O11PS. The van der Waals surface area contributed by atoms with E-state index in [0.29, 0.717) is 35.3 Å². The van der Waals surface area contributed by atoms with E-state index in [1.165, 1.54) is 26.8 Å². The minimum absolute atomic E-state index is 0.0514. The molecule has 4 aromatic rings. The number of halogens is 3. The summed E-state index contributed by atoms with van der Waals surface area (Å²) in [7, 11) is -4.26. The number of imide groups is 1. The topological polar surface area (TPSA) is 232 Å². The van der Waals surface area contributed by atoms with Crippen molar-refractivity contribution in [2.24, 2.45) is 5.41 Å². The van der Waals surface area contributed by atoms with E-state index >= 15 is 0 Å². The van der Waals surface area contributed by atoms with E-state index in [1.807, 2.05) is 6.07 Å². The Kier molecular flexibility index (Phi) is 18.2. The van der Waals surface area contributed by atoms with Crippen LogP contribution < -0.4 is 20.9 Å². The van der Waals surface area contributed by atoms with E-state index in [0.717, 1.165) is 77.6 Å². The molecule has 4 atom stereocenters. The van der Waals surface area contributed by atoms with Gasteiger partial charge in [-0.3, -0.25) is 43.4 Å². The molecule has 0 aliphatic carbocycles. The first kappa shape index (κ1) is 56.8. The Morgan fingerprint density at radius 3 is 2.39 bits per heavy atom. The molecule has 0 radical (unpaired) electrons. The maximum atomic E-state index is 14.7. The number of unbranched alkanes of at least 4 members (excludes halogenated alkanes) is 6. The van der Waals surface area contributed by atoms with E-state index in [1.54, 1.807) is 64.2 Å². The Bertz CT molecular complexity index is 2970. The van der Waals surface area contributed by atoms with Gasteiger partial charge in [0.15, 0.2) is 0 Å². The number of fused-ring (bicyclic) bond motifs is 2. The Labute approximate surface area is 445 Å². The number of amides is 7. The predicted octanol–water partition coefficient (Wildman–Crippen LogP) is 7.34. The number of ether oxygens (including phenoxy) is 1. The molecule has 75 heavy (non-hydrogen) atoms. The van der Waals surface area contributed by atoms with E-state index < -0.39 is 72.1 Å². The van der Waals surface area contributed by atoms with Crippen LogP contribution in [-0.4, -0.2) is 112 Å². The smallest absolute Gasteiger partial charge is 0.366 e. The highest BCUT2D eigenvalue weighted by atomic mass is 79.9. The third-order valence-electron chi connectivity index (χ3n) is 13.5. The van der Waals surface area contributed by atoms with Gasteiger partial charge in [0.05, 0.1) is 11.0 Å². The van der Waals surface area contributed by atoms with Crippen molar-refractivity contribution >= 4 is 92.0 Å². The number of thiophene rings is 1. The molecule has 2 fully saturated rings. The van der Waals surface area contributed by atoms with Crippen LogP contribution in [-0.2, 0) is 45.5 Å². The fourth-order valence-electron chi connectivity index (χ4n) is 9.32. The third-order valence-corrected chi connectivity index (χ3v) is 16.2. The van der Waals surface area contributed by atoms with Gasteiger partial charge in [0.25, 0.3) is 11.8 Å². The lowest BCUT2D eigenvalue weighted by molar-refractivity contribution is -0.141. The highest BCUT2D eigenvalue weighted by Crippen LogP contribution is 2.59. The van der Waals surface area contributed by atoms with Crippen LogP contribution in [0.25, 0.3) is 10.1 Å². The van der Waals surface area contributed by atoms with Crippen LogP contribution in [0, 0.1) is 17.3 Å². The second-order valence-corrected chi connectivity index (χ2v) is 23.7. The highest BCUT2D eigenvalue weighted by Gasteiger charge is 2.51. The zero-order valence-corrected chi connectivity index (χ0v) is 45.3. The maximum absolute atomic E-state index is 14.7. The van der Waals surface area contributed by atoms with Gasteiger partial charge >= 0.3 is 13.3 Å². The van der Waals surface area contributed by atoms with Crippen LogP contribution in [0.1, 0.15) is 122 Å². The Hall–Kier alpha value is -5.88. The molecule has 3 aliphatic rings. The number of hydrogen-bond donors (Lipinski definition) is 5. The average molecular weight is 1140 g/mol. The van der Waals surface area contributed by atoms with Crippen LogP contribution in [0.2, 0.25) is 0 Å². The molecule has 5 N–H and O–H groups in total. The van der Waals surface area contributed by atoms with Crippen molar-refractivity contribution in [3.63, 3.8) is 0 Å². The van der Waals surface area contributed by atoms with Crippen molar-refractivity contribution in [3.8, 4) is 11.8 Å². The Morgan fingerprint density at radius 2 is 1.69 bits per heavy atom. The Morgan fingerprint density at radius 1 is 0.987 bits per heavy atom. The van der Waals surface area contributed by atoms with Gasteiger partial charge < -0.3 is 39.9 Å². The zero-order chi connectivity index (χ0) is 54.4. The maximum Gasteiger partial charge on any atom is 0.399 e. The number of piperidine rings is 1. The first-order chi connectivity index (χ1) is 35.4. The van der Waals surface area contributed by atoms with Crippen LogP contribution in [0.15, 0.2) is 71.2 Å². The number of anilines is 1. The lowest BCUT2D eigenvalue weighted by atomic mass is 9.85. The van der Waals surface area contributed by atoms with E-state index in [-0.39, 0.29) is 60.5 Å². The van der Waals surface area contributed by atoms with Crippen molar-refractivity contribution in [3.05, 3.63) is 98.3 Å². The summed E-state index contributed by atoms with van der Waals surface area (Å²) in [6.45, 7) is 5.53. The monoisotopic (exact) mass is 1140 g/mol. The third kappa shape index (κ3) is 13.6. The standard InChI is InChI=1S/C53H60BrF2N6O11PS/c1-52(2,3)46(59-48(66)43-27-33-26-34(17-23-42(33)75-43)53(55,56)74(70,71)72)51(69)61-29-37(28-41(61)50(68)60(4)36-20-18-35(54)19-21-36)73-31-45(64)57-25-12-10-8-6-5-7-9-11-14-32-15-13-16-38-39(32)30-62(49(38)67)40-22-24-44(63)58-47(40)65/h13,15-21,23,26-27,37,40-41,46H,5-10,12,22,24-25,28-31H2,1-4H3,(H,57,64)(H,59,66)(H,58,63,65)(H2,70,71,72)/t37-,40?,41+,46?/m1/s1. The summed E-state index contributed by atoms with van der Waals surface area (Å²) in [5, 5.41) is 8.14.